The molecule has 2 rings (SSSR count). The van der Waals surface area contributed by atoms with Crippen LogP contribution in [0.25, 0.3) is 10.2 Å². The van der Waals surface area contributed by atoms with Crippen LogP contribution in [0.1, 0.15) is 17.5 Å². The molecule has 1 aromatic carbocycles. The predicted octanol–water partition coefficient (Wildman–Crippen LogP) is 2.62. The van der Waals surface area contributed by atoms with Gasteiger partial charge in [0.2, 0.25) is 0 Å². The van der Waals surface area contributed by atoms with Crippen molar-refractivity contribution >= 4 is 21.6 Å². The molecule has 0 amide bonds. The number of aryl methyl sites for hydroxylation is 1. The Morgan fingerprint density at radius 1 is 1.40 bits per heavy atom. The summed E-state index contributed by atoms with van der Waals surface area (Å²) in [5.41, 5.74) is 2.54. The molecule has 1 heterocycles. The standard InChI is InChI=1S/C12H16N2S/c1-3-12-14-10-5-4-9(6-7-13-2)8-11(10)15-12/h4-5,8,13H,3,6-7H2,1-2H3. The maximum absolute atomic E-state index is 4.56. The third-order valence-electron chi connectivity index (χ3n) is 2.46. The minimum absolute atomic E-state index is 1.03. The fourth-order valence-corrected chi connectivity index (χ4v) is 2.56. The number of aromatic nitrogens is 1. The number of benzene rings is 1. The summed E-state index contributed by atoms with van der Waals surface area (Å²) in [5.74, 6) is 0. The Bertz CT molecular complexity index is 448. The van der Waals surface area contributed by atoms with Gasteiger partial charge in [-0.2, -0.15) is 0 Å². The lowest BCUT2D eigenvalue weighted by molar-refractivity contribution is 0.792. The Morgan fingerprint density at radius 3 is 3.00 bits per heavy atom. The zero-order valence-corrected chi connectivity index (χ0v) is 10.0. The Labute approximate surface area is 94.3 Å². The van der Waals surface area contributed by atoms with E-state index in [2.05, 4.69) is 35.4 Å². The van der Waals surface area contributed by atoms with Gasteiger partial charge in [0, 0.05) is 0 Å². The highest BCUT2D eigenvalue weighted by atomic mass is 32.1. The van der Waals surface area contributed by atoms with E-state index < -0.39 is 0 Å². The number of thiazole rings is 1. The van der Waals surface area contributed by atoms with Gasteiger partial charge in [0.1, 0.15) is 0 Å². The maximum atomic E-state index is 4.56. The Morgan fingerprint density at radius 2 is 2.27 bits per heavy atom. The van der Waals surface area contributed by atoms with E-state index in [1.54, 1.807) is 0 Å². The molecular formula is C12H16N2S. The molecule has 0 atom stereocenters. The summed E-state index contributed by atoms with van der Waals surface area (Å²) >= 11 is 1.81. The van der Waals surface area contributed by atoms with E-state index in [1.807, 2.05) is 18.4 Å². The zero-order chi connectivity index (χ0) is 10.7. The van der Waals surface area contributed by atoms with Crippen molar-refractivity contribution in [3.63, 3.8) is 0 Å². The van der Waals surface area contributed by atoms with Gasteiger partial charge in [-0.3, -0.25) is 0 Å². The Kier molecular flexibility index (Phi) is 3.34. The van der Waals surface area contributed by atoms with Gasteiger partial charge >= 0.3 is 0 Å². The van der Waals surface area contributed by atoms with Crippen LogP contribution in [0.2, 0.25) is 0 Å². The van der Waals surface area contributed by atoms with Crippen molar-refractivity contribution in [2.45, 2.75) is 19.8 Å². The first kappa shape index (κ1) is 10.6. The molecule has 0 bridgehead atoms. The first-order valence-corrected chi connectivity index (χ1v) is 6.18. The van der Waals surface area contributed by atoms with Crippen LogP contribution >= 0.6 is 11.3 Å². The molecule has 2 nitrogen and oxygen atoms in total. The van der Waals surface area contributed by atoms with Crippen molar-refractivity contribution in [2.75, 3.05) is 13.6 Å². The van der Waals surface area contributed by atoms with Gasteiger partial charge in [0.15, 0.2) is 0 Å². The molecule has 3 heteroatoms. The number of hydrogen-bond donors (Lipinski definition) is 1. The van der Waals surface area contributed by atoms with Crippen LogP contribution in [0, 0.1) is 0 Å². The lowest BCUT2D eigenvalue weighted by Gasteiger charge is -1.99. The van der Waals surface area contributed by atoms with Gasteiger partial charge in [-0.25, -0.2) is 4.98 Å². The molecule has 0 unspecified atom stereocenters. The lowest BCUT2D eigenvalue weighted by Crippen LogP contribution is -2.09. The molecule has 0 saturated heterocycles. The number of nitrogens with one attached hydrogen (secondary N) is 1. The Balaban J connectivity index is 2.29. The normalized spacial score (nSPS) is 11.1. The predicted molar refractivity (Wildman–Crippen MR) is 66.6 cm³/mol. The second-order valence-electron chi connectivity index (χ2n) is 3.62. The van der Waals surface area contributed by atoms with Gasteiger partial charge in [0.05, 0.1) is 15.2 Å². The molecule has 2 aromatic rings. The molecule has 0 aliphatic rings. The summed E-state index contributed by atoms with van der Waals surface area (Å²) in [6.45, 7) is 3.19. The lowest BCUT2D eigenvalue weighted by atomic mass is 10.1. The van der Waals surface area contributed by atoms with Crippen LogP contribution in [0.15, 0.2) is 18.2 Å². The van der Waals surface area contributed by atoms with E-state index in [9.17, 15) is 0 Å². The maximum Gasteiger partial charge on any atom is 0.0935 e. The van der Waals surface area contributed by atoms with Gasteiger partial charge in [-0.15, -0.1) is 11.3 Å². The van der Waals surface area contributed by atoms with Crippen LogP contribution in [0.5, 0.6) is 0 Å². The second-order valence-corrected chi connectivity index (χ2v) is 4.73. The van der Waals surface area contributed by atoms with Crippen molar-refractivity contribution in [1.29, 1.82) is 0 Å². The first-order chi connectivity index (χ1) is 7.33. The smallest absolute Gasteiger partial charge is 0.0935 e. The molecule has 0 radical (unpaired) electrons. The van der Waals surface area contributed by atoms with Crippen LogP contribution < -0.4 is 5.32 Å². The summed E-state index contributed by atoms with van der Waals surface area (Å²) in [4.78, 5) is 4.56. The summed E-state index contributed by atoms with van der Waals surface area (Å²) in [7, 11) is 1.99. The van der Waals surface area contributed by atoms with Gasteiger partial charge in [0.25, 0.3) is 0 Å². The van der Waals surface area contributed by atoms with Crippen LogP contribution in [0.4, 0.5) is 0 Å². The van der Waals surface area contributed by atoms with Crippen LogP contribution in [0.3, 0.4) is 0 Å². The monoisotopic (exact) mass is 220 g/mol. The molecule has 80 valence electrons. The van der Waals surface area contributed by atoms with E-state index in [0.29, 0.717) is 0 Å². The zero-order valence-electron chi connectivity index (χ0n) is 9.21. The van der Waals surface area contributed by atoms with Gasteiger partial charge in [-0.05, 0) is 44.1 Å². The highest BCUT2D eigenvalue weighted by Crippen LogP contribution is 2.23. The molecule has 0 fully saturated rings. The fourth-order valence-electron chi connectivity index (χ4n) is 1.59. The SMILES string of the molecule is CCc1nc2ccc(CCNC)cc2s1. The minimum Gasteiger partial charge on any atom is -0.319 e. The second kappa shape index (κ2) is 4.73. The molecule has 0 spiro atoms. The van der Waals surface area contributed by atoms with E-state index in [-0.39, 0.29) is 0 Å². The van der Waals surface area contributed by atoms with Gasteiger partial charge < -0.3 is 5.32 Å². The number of rotatable bonds is 4. The molecule has 1 aromatic heterocycles. The molecule has 1 N–H and O–H groups in total. The van der Waals surface area contributed by atoms with E-state index in [4.69, 9.17) is 0 Å². The Hall–Kier alpha value is -0.930. The fraction of sp³-hybridized carbons (Fsp3) is 0.417. The molecule has 0 aliphatic carbocycles. The average Bonchev–Trinajstić information content (AvgIpc) is 2.68. The third kappa shape index (κ3) is 2.36. The van der Waals surface area contributed by atoms with E-state index >= 15 is 0 Å². The molecular weight excluding hydrogens is 204 g/mol. The average molecular weight is 220 g/mol. The summed E-state index contributed by atoms with van der Waals surface area (Å²) in [6, 6.07) is 6.58. The van der Waals surface area contributed by atoms with Crippen LogP contribution in [-0.2, 0) is 12.8 Å². The largest absolute Gasteiger partial charge is 0.319 e. The number of fused-ring (bicyclic) bond motifs is 1. The summed E-state index contributed by atoms with van der Waals surface area (Å²) < 4.78 is 1.32. The van der Waals surface area contributed by atoms with Crippen molar-refractivity contribution in [1.82, 2.24) is 10.3 Å². The molecule has 15 heavy (non-hydrogen) atoms. The van der Waals surface area contributed by atoms with E-state index in [0.717, 1.165) is 24.9 Å². The number of likely N-dealkylation sites (N-methyl/N-ethyl adjacent to an activating group) is 1. The minimum atomic E-state index is 1.03. The van der Waals surface area contributed by atoms with Crippen LogP contribution in [-0.4, -0.2) is 18.6 Å². The van der Waals surface area contributed by atoms with Crippen molar-refractivity contribution in [3.8, 4) is 0 Å². The summed E-state index contributed by atoms with van der Waals surface area (Å²) in [5, 5.41) is 4.40. The molecule has 0 aliphatic heterocycles. The van der Waals surface area contributed by atoms with Crippen molar-refractivity contribution < 1.29 is 0 Å². The quantitative estimate of drug-likeness (QED) is 0.856. The third-order valence-corrected chi connectivity index (χ3v) is 3.63. The number of nitrogens with zero attached hydrogens (tertiary/aromatic N) is 1. The van der Waals surface area contributed by atoms with Gasteiger partial charge in [-0.1, -0.05) is 13.0 Å². The molecule has 0 saturated carbocycles. The first-order valence-electron chi connectivity index (χ1n) is 5.36. The highest BCUT2D eigenvalue weighted by molar-refractivity contribution is 7.18. The van der Waals surface area contributed by atoms with Crippen molar-refractivity contribution in [3.05, 3.63) is 28.8 Å². The van der Waals surface area contributed by atoms with E-state index in [1.165, 1.54) is 15.3 Å². The summed E-state index contributed by atoms with van der Waals surface area (Å²) in [6.07, 6.45) is 2.12. The highest BCUT2D eigenvalue weighted by Gasteiger charge is 2.02. The topological polar surface area (TPSA) is 24.9 Å². The number of hydrogen-bond acceptors (Lipinski definition) is 3. The van der Waals surface area contributed by atoms with Crippen molar-refractivity contribution in [2.24, 2.45) is 0 Å².